The monoisotopic (exact) mass is 348 g/mol. The largest absolute Gasteiger partial charge is 0.462 e. The van der Waals surface area contributed by atoms with Gasteiger partial charge < -0.3 is 9.73 Å². The molecule has 4 nitrogen and oxygen atoms in total. The fraction of sp³-hybridized carbons (Fsp3) is 0.125. The second-order valence-corrected chi connectivity index (χ2v) is 6.52. The lowest BCUT2D eigenvalue weighted by atomic mass is 10.3. The van der Waals surface area contributed by atoms with E-state index < -0.39 is 0 Å². The van der Waals surface area contributed by atoms with Crippen LogP contribution in [-0.2, 0) is 10.5 Å². The topological polar surface area (TPSA) is 55.1 Å². The Morgan fingerprint density at radius 2 is 2.26 bits per heavy atom. The van der Waals surface area contributed by atoms with Gasteiger partial charge in [0.15, 0.2) is 10.8 Å². The molecule has 0 bridgehead atoms. The fourth-order valence-corrected chi connectivity index (χ4v) is 3.51. The number of carbonyl (C=O) groups excluding carboxylic acids is 1. The second kappa shape index (κ2) is 7.43. The number of halogens is 1. The molecule has 3 rings (SSSR count). The zero-order valence-corrected chi connectivity index (χ0v) is 13.6. The molecular weight excluding hydrogens is 335 g/mol. The van der Waals surface area contributed by atoms with E-state index >= 15 is 0 Å². The van der Waals surface area contributed by atoms with Gasteiger partial charge in [0.25, 0.3) is 0 Å². The molecule has 0 atom stereocenters. The molecule has 118 valence electrons. The van der Waals surface area contributed by atoms with Crippen molar-refractivity contribution in [3.05, 3.63) is 59.6 Å². The van der Waals surface area contributed by atoms with E-state index in [0.717, 1.165) is 16.5 Å². The Kier molecular flexibility index (Phi) is 5.09. The van der Waals surface area contributed by atoms with Crippen molar-refractivity contribution in [1.82, 2.24) is 4.98 Å². The van der Waals surface area contributed by atoms with Crippen LogP contribution in [0.15, 0.2) is 52.5 Å². The normalized spacial score (nSPS) is 10.7. The van der Waals surface area contributed by atoms with E-state index in [4.69, 9.17) is 4.42 Å². The number of anilines is 1. The van der Waals surface area contributed by atoms with Crippen molar-refractivity contribution in [3.63, 3.8) is 0 Å². The van der Waals surface area contributed by atoms with E-state index in [-0.39, 0.29) is 17.5 Å². The maximum absolute atomic E-state index is 13.0. The molecule has 0 spiro atoms. The van der Waals surface area contributed by atoms with Crippen molar-refractivity contribution in [3.8, 4) is 10.8 Å². The standard InChI is InChI=1S/C16H13FN2O2S2/c17-11-3-1-4-12(7-11)18-15(20)10-22-8-13-9-23-16(19-13)14-5-2-6-21-14/h1-7,9H,8,10H2,(H,18,20). The third-order valence-corrected chi connectivity index (χ3v) is 4.75. The number of amides is 1. The number of furan rings is 1. The summed E-state index contributed by atoms with van der Waals surface area (Å²) in [5, 5.41) is 5.45. The SMILES string of the molecule is O=C(CSCc1csc(-c2ccco2)n1)Nc1cccc(F)c1. The van der Waals surface area contributed by atoms with Crippen molar-refractivity contribution in [2.24, 2.45) is 0 Å². The Labute approximate surface area is 140 Å². The zero-order valence-electron chi connectivity index (χ0n) is 12.0. The number of nitrogens with zero attached hydrogens (tertiary/aromatic N) is 1. The lowest BCUT2D eigenvalue weighted by Crippen LogP contribution is -2.14. The minimum Gasteiger partial charge on any atom is -0.462 e. The van der Waals surface area contributed by atoms with Crippen LogP contribution in [0.4, 0.5) is 10.1 Å². The van der Waals surface area contributed by atoms with Crippen LogP contribution in [-0.4, -0.2) is 16.6 Å². The second-order valence-electron chi connectivity index (χ2n) is 4.67. The van der Waals surface area contributed by atoms with Crippen LogP contribution in [0.25, 0.3) is 10.8 Å². The first-order valence-electron chi connectivity index (χ1n) is 6.82. The third-order valence-electron chi connectivity index (χ3n) is 2.88. The van der Waals surface area contributed by atoms with E-state index in [0.29, 0.717) is 11.4 Å². The summed E-state index contributed by atoms with van der Waals surface area (Å²) in [6, 6.07) is 9.53. The molecule has 0 radical (unpaired) electrons. The van der Waals surface area contributed by atoms with Gasteiger partial charge in [-0.1, -0.05) is 6.07 Å². The summed E-state index contributed by atoms with van der Waals surface area (Å²) in [4.78, 5) is 16.3. The molecule has 3 aromatic rings. The maximum atomic E-state index is 13.0. The van der Waals surface area contributed by atoms with Crippen molar-refractivity contribution >= 4 is 34.7 Å². The first kappa shape index (κ1) is 15.8. The number of nitrogens with one attached hydrogen (secondary N) is 1. The van der Waals surface area contributed by atoms with Gasteiger partial charge in [0.05, 0.1) is 17.7 Å². The predicted molar refractivity (Wildman–Crippen MR) is 91.0 cm³/mol. The smallest absolute Gasteiger partial charge is 0.234 e. The Hall–Kier alpha value is -2.12. The first-order valence-corrected chi connectivity index (χ1v) is 8.85. The molecule has 0 saturated heterocycles. The number of thiazole rings is 1. The summed E-state index contributed by atoms with van der Waals surface area (Å²) in [5.74, 6) is 1.12. The number of rotatable bonds is 6. The Morgan fingerprint density at radius 1 is 1.35 bits per heavy atom. The predicted octanol–water partition coefficient (Wildman–Crippen LogP) is 4.41. The Balaban J connectivity index is 1.47. The molecule has 7 heteroatoms. The molecule has 0 saturated carbocycles. The molecular formula is C16H13FN2O2S2. The van der Waals surface area contributed by atoms with Gasteiger partial charge in [-0.3, -0.25) is 4.79 Å². The molecule has 0 aliphatic carbocycles. The van der Waals surface area contributed by atoms with Crippen LogP contribution < -0.4 is 5.32 Å². The summed E-state index contributed by atoms with van der Waals surface area (Å²) in [7, 11) is 0. The van der Waals surface area contributed by atoms with Crippen LogP contribution >= 0.6 is 23.1 Å². The minimum absolute atomic E-state index is 0.165. The molecule has 1 aromatic carbocycles. The minimum atomic E-state index is -0.372. The number of benzene rings is 1. The van der Waals surface area contributed by atoms with Gasteiger partial charge in [0.1, 0.15) is 5.82 Å². The molecule has 0 aliphatic heterocycles. The lowest BCUT2D eigenvalue weighted by Gasteiger charge is -2.04. The van der Waals surface area contributed by atoms with E-state index in [1.54, 1.807) is 18.4 Å². The van der Waals surface area contributed by atoms with Gasteiger partial charge in [0.2, 0.25) is 5.91 Å². The number of carbonyl (C=O) groups is 1. The number of hydrogen-bond donors (Lipinski definition) is 1. The molecule has 23 heavy (non-hydrogen) atoms. The molecule has 0 unspecified atom stereocenters. The Morgan fingerprint density at radius 3 is 3.04 bits per heavy atom. The molecule has 1 amide bonds. The highest BCUT2D eigenvalue weighted by atomic mass is 32.2. The van der Waals surface area contributed by atoms with E-state index in [2.05, 4.69) is 10.3 Å². The van der Waals surface area contributed by atoms with Gasteiger partial charge in [-0.25, -0.2) is 9.37 Å². The van der Waals surface area contributed by atoms with E-state index in [9.17, 15) is 9.18 Å². The highest BCUT2D eigenvalue weighted by Crippen LogP contribution is 2.25. The average molecular weight is 348 g/mol. The van der Waals surface area contributed by atoms with Gasteiger partial charge in [-0.2, -0.15) is 0 Å². The van der Waals surface area contributed by atoms with Crippen molar-refractivity contribution < 1.29 is 13.6 Å². The Bertz CT molecular complexity index is 787. The van der Waals surface area contributed by atoms with Crippen LogP contribution in [0.3, 0.4) is 0 Å². The number of thioether (sulfide) groups is 1. The molecule has 0 aliphatic rings. The molecule has 1 N–H and O–H groups in total. The first-order chi connectivity index (χ1) is 11.2. The summed E-state index contributed by atoms with van der Waals surface area (Å²) >= 11 is 2.97. The fourth-order valence-electron chi connectivity index (χ4n) is 1.90. The highest BCUT2D eigenvalue weighted by Gasteiger charge is 2.08. The maximum Gasteiger partial charge on any atom is 0.234 e. The zero-order chi connectivity index (χ0) is 16.1. The van der Waals surface area contributed by atoms with Crippen molar-refractivity contribution in [1.29, 1.82) is 0 Å². The summed E-state index contributed by atoms with van der Waals surface area (Å²) in [6.45, 7) is 0. The van der Waals surface area contributed by atoms with E-state index in [1.165, 1.54) is 35.2 Å². The van der Waals surface area contributed by atoms with Gasteiger partial charge in [-0.05, 0) is 30.3 Å². The quantitative estimate of drug-likeness (QED) is 0.717. The van der Waals surface area contributed by atoms with Gasteiger partial charge in [-0.15, -0.1) is 23.1 Å². The van der Waals surface area contributed by atoms with Gasteiger partial charge >= 0.3 is 0 Å². The van der Waals surface area contributed by atoms with Crippen molar-refractivity contribution in [2.45, 2.75) is 5.75 Å². The van der Waals surface area contributed by atoms with E-state index in [1.807, 2.05) is 17.5 Å². The molecule has 2 aromatic heterocycles. The number of aromatic nitrogens is 1. The van der Waals surface area contributed by atoms with Crippen LogP contribution in [0.5, 0.6) is 0 Å². The highest BCUT2D eigenvalue weighted by molar-refractivity contribution is 7.99. The summed E-state index contributed by atoms with van der Waals surface area (Å²) < 4.78 is 18.3. The van der Waals surface area contributed by atoms with Crippen LogP contribution in [0.2, 0.25) is 0 Å². The lowest BCUT2D eigenvalue weighted by molar-refractivity contribution is -0.113. The van der Waals surface area contributed by atoms with Crippen LogP contribution in [0.1, 0.15) is 5.69 Å². The number of hydrogen-bond acceptors (Lipinski definition) is 5. The van der Waals surface area contributed by atoms with Crippen molar-refractivity contribution in [2.75, 3.05) is 11.1 Å². The van der Waals surface area contributed by atoms with Gasteiger partial charge in [0, 0.05) is 16.8 Å². The average Bonchev–Trinajstić information content (AvgIpc) is 3.18. The summed E-state index contributed by atoms with van der Waals surface area (Å²) in [5.41, 5.74) is 1.37. The molecule has 0 fully saturated rings. The molecule has 2 heterocycles. The summed E-state index contributed by atoms with van der Waals surface area (Å²) in [6.07, 6.45) is 1.61. The third kappa shape index (κ3) is 4.43. The van der Waals surface area contributed by atoms with Crippen LogP contribution in [0, 0.1) is 5.82 Å².